The van der Waals surface area contributed by atoms with Crippen molar-refractivity contribution < 1.29 is 23.2 Å². The number of halogens is 1. The highest BCUT2D eigenvalue weighted by molar-refractivity contribution is 5.26. The van der Waals surface area contributed by atoms with E-state index in [1.165, 1.54) is 48.6 Å². The number of ether oxygens (including phenoxy) is 1. The second-order valence-corrected chi connectivity index (χ2v) is 10.7. The highest BCUT2D eigenvalue weighted by Gasteiger charge is 2.34. The van der Waals surface area contributed by atoms with Crippen LogP contribution in [0.2, 0.25) is 0 Å². The number of hydrogen-bond donors (Lipinski definition) is 1. The van der Waals surface area contributed by atoms with E-state index >= 15 is 0 Å². The van der Waals surface area contributed by atoms with Crippen LogP contribution in [0, 0.1) is 17.7 Å². The van der Waals surface area contributed by atoms with Gasteiger partial charge in [-0.15, -0.1) is 0 Å². The lowest BCUT2D eigenvalue weighted by Gasteiger charge is -2.35. The molecule has 0 spiro atoms. The zero-order valence-corrected chi connectivity index (χ0v) is 22.6. The van der Waals surface area contributed by atoms with Gasteiger partial charge in [0, 0.05) is 12.0 Å². The number of rotatable bonds is 9. The molecule has 5 rings (SSSR count). The summed E-state index contributed by atoms with van der Waals surface area (Å²) in [6.45, 7) is 7.38. The quantitative estimate of drug-likeness (QED) is 0.390. The number of carbonyl (C=O) groups excluding carboxylic acids is 1. The maximum Gasteiger partial charge on any atom is 0.202 e. The van der Waals surface area contributed by atoms with Crippen LogP contribution in [-0.4, -0.2) is 31.0 Å². The third-order valence-corrected chi connectivity index (χ3v) is 8.36. The van der Waals surface area contributed by atoms with Crippen molar-refractivity contribution in [3.8, 4) is 0 Å². The molecule has 0 radical (unpaired) electrons. The summed E-state index contributed by atoms with van der Waals surface area (Å²) in [5.74, 6) is 2.98. The van der Waals surface area contributed by atoms with E-state index < -0.39 is 0 Å². The van der Waals surface area contributed by atoms with E-state index in [1.807, 2.05) is 25.1 Å². The van der Waals surface area contributed by atoms with Crippen molar-refractivity contribution in [3.05, 3.63) is 89.4 Å². The Balaban J connectivity index is 0.00000164. The topological polar surface area (TPSA) is 56.8 Å². The summed E-state index contributed by atoms with van der Waals surface area (Å²) in [5.41, 5.74) is 1.95. The van der Waals surface area contributed by atoms with Crippen LogP contribution in [-0.2, 0) is 22.7 Å². The Morgan fingerprint density at radius 3 is 2.53 bits per heavy atom. The minimum absolute atomic E-state index is 0.125. The molecule has 1 aliphatic carbocycles. The third kappa shape index (κ3) is 7.17. The lowest BCUT2D eigenvalue weighted by Crippen LogP contribution is -3.13. The number of oxazole rings is 1. The summed E-state index contributed by atoms with van der Waals surface area (Å²) < 4.78 is 26.9. The molecule has 1 saturated heterocycles. The van der Waals surface area contributed by atoms with E-state index in [-0.39, 0.29) is 17.8 Å². The fourth-order valence-corrected chi connectivity index (χ4v) is 6.30. The summed E-state index contributed by atoms with van der Waals surface area (Å²) >= 11 is 0. The van der Waals surface area contributed by atoms with Gasteiger partial charge in [-0.3, -0.25) is 0 Å². The van der Waals surface area contributed by atoms with Crippen molar-refractivity contribution in [2.75, 3.05) is 13.1 Å². The van der Waals surface area contributed by atoms with Crippen LogP contribution in [0.5, 0.6) is 0 Å². The summed E-state index contributed by atoms with van der Waals surface area (Å²) in [4.78, 5) is 14.3. The highest BCUT2D eigenvalue weighted by atomic mass is 19.1. The molecule has 0 bridgehead atoms. The molecule has 3 aromatic rings. The van der Waals surface area contributed by atoms with Crippen LogP contribution in [0.15, 0.2) is 65.2 Å². The molecule has 38 heavy (non-hydrogen) atoms. The van der Waals surface area contributed by atoms with E-state index in [4.69, 9.17) is 18.9 Å². The molecule has 2 aromatic carbocycles. The zero-order valence-electron chi connectivity index (χ0n) is 22.6. The summed E-state index contributed by atoms with van der Waals surface area (Å²) in [6.07, 6.45) is 10.7. The predicted molar refractivity (Wildman–Crippen MR) is 146 cm³/mol. The third-order valence-electron chi connectivity index (χ3n) is 8.36. The standard InChI is InChI=1S/C31H39FN2O2.CH2O/c1-2-23-17-18-34(21-29(23)35-22-26-15-9-10-16-28(26)32)20-27-19-33-31(36-27)30(24-11-5-3-6-12-24)25-13-7-4-8-14-25;1-2/h3,5-6,9-12,15-16,19,23,25,29-30H,2,4,7-8,13-14,17-18,20-22H2,1H3;1H2/p+1. The van der Waals surface area contributed by atoms with E-state index in [1.54, 1.807) is 6.07 Å². The van der Waals surface area contributed by atoms with Crippen molar-refractivity contribution >= 4 is 6.79 Å². The monoisotopic (exact) mass is 521 g/mol. The van der Waals surface area contributed by atoms with Gasteiger partial charge in [-0.1, -0.05) is 81.1 Å². The number of likely N-dealkylation sites (tertiary alicyclic amines) is 1. The van der Waals surface area contributed by atoms with Gasteiger partial charge in [0.05, 0.1) is 25.3 Å². The van der Waals surface area contributed by atoms with Gasteiger partial charge in [0.1, 0.15) is 31.8 Å². The van der Waals surface area contributed by atoms with E-state index in [0.29, 0.717) is 24.0 Å². The molecule has 1 aromatic heterocycles. The van der Waals surface area contributed by atoms with Crippen LogP contribution in [0.4, 0.5) is 4.39 Å². The first-order chi connectivity index (χ1) is 18.7. The Hall–Kier alpha value is -2.83. The predicted octanol–water partition coefficient (Wildman–Crippen LogP) is 5.74. The van der Waals surface area contributed by atoms with Crippen molar-refractivity contribution in [3.63, 3.8) is 0 Å². The molecule has 1 N–H and O–H groups in total. The summed E-state index contributed by atoms with van der Waals surface area (Å²) in [5, 5.41) is 0. The number of benzene rings is 2. The van der Waals surface area contributed by atoms with Gasteiger partial charge in [-0.2, -0.15) is 0 Å². The van der Waals surface area contributed by atoms with Crippen LogP contribution in [0.1, 0.15) is 80.6 Å². The van der Waals surface area contributed by atoms with Crippen molar-refractivity contribution in [2.24, 2.45) is 11.8 Å². The molecule has 2 heterocycles. The fourth-order valence-electron chi connectivity index (χ4n) is 6.30. The van der Waals surface area contributed by atoms with Gasteiger partial charge in [0.15, 0.2) is 5.76 Å². The highest BCUT2D eigenvalue weighted by Crippen LogP contribution is 2.40. The lowest BCUT2D eigenvalue weighted by atomic mass is 9.77. The van der Waals surface area contributed by atoms with Crippen LogP contribution in [0.3, 0.4) is 0 Å². The Kier molecular flexibility index (Phi) is 10.6. The molecule has 1 saturated carbocycles. The Labute approximate surface area is 226 Å². The number of quaternary nitrogens is 1. The minimum atomic E-state index is -0.189. The Bertz CT molecular complexity index is 1100. The van der Waals surface area contributed by atoms with Gasteiger partial charge < -0.3 is 18.8 Å². The molecule has 2 aliphatic rings. The first-order valence-electron chi connectivity index (χ1n) is 14.2. The Morgan fingerprint density at radius 1 is 1.05 bits per heavy atom. The number of nitrogens with one attached hydrogen (secondary N) is 1. The largest absolute Gasteiger partial charge is 0.439 e. The number of nitrogens with zero attached hydrogens (tertiary/aromatic N) is 1. The molecular weight excluding hydrogens is 479 g/mol. The minimum Gasteiger partial charge on any atom is -0.439 e. The number of hydrogen-bond acceptors (Lipinski definition) is 4. The first-order valence-corrected chi connectivity index (χ1v) is 14.2. The SMILES string of the molecule is C=O.CCC1CC[NH+](Cc2cnc(C(c3ccccc3)C3CCCCC3)o2)CC1OCc1ccccc1F. The second-order valence-electron chi connectivity index (χ2n) is 10.7. The fraction of sp³-hybridized carbons (Fsp3) is 0.500. The summed E-state index contributed by atoms with van der Waals surface area (Å²) in [7, 11) is 0. The van der Waals surface area contributed by atoms with Crippen LogP contribution < -0.4 is 4.90 Å². The van der Waals surface area contributed by atoms with E-state index in [9.17, 15) is 4.39 Å². The van der Waals surface area contributed by atoms with Crippen LogP contribution in [0.25, 0.3) is 0 Å². The molecule has 2 fully saturated rings. The normalized spacial score (nSPS) is 22.8. The lowest BCUT2D eigenvalue weighted by molar-refractivity contribution is -0.924. The molecule has 4 unspecified atom stereocenters. The molecule has 5 nitrogen and oxygen atoms in total. The smallest absolute Gasteiger partial charge is 0.202 e. The number of carbonyl (C=O) groups is 1. The van der Waals surface area contributed by atoms with Crippen LogP contribution >= 0.6 is 0 Å². The average molecular weight is 522 g/mol. The second kappa shape index (κ2) is 14.4. The maximum absolute atomic E-state index is 14.1. The average Bonchev–Trinajstić information content (AvgIpc) is 3.43. The molecule has 4 atom stereocenters. The van der Waals surface area contributed by atoms with Gasteiger partial charge in [-0.25, -0.2) is 9.37 Å². The maximum atomic E-state index is 14.1. The molecule has 6 heteroatoms. The van der Waals surface area contributed by atoms with Crippen molar-refractivity contribution in [1.82, 2.24) is 4.98 Å². The number of piperidine rings is 1. The van der Waals surface area contributed by atoms with Gasteiger partial charge in [-0.05, 0) is 36.3 Å². The van der Waals surface area contributed by atoms with Gasteiger partial charge in [0.2, 0.25) is 5.89 Å². The molecule has 1 aliphatic heterocycles. The van der Waals surface area contributed by atoms with E-state index in [2.05, 4.69) is 37.3 Å². The van der Waals surface area contributed by atoms with Gasteiger partial charge in [0.25, 0.3) is 0 Å². The first kappa shape index (κ1) is 28.2. The molecule has 0 amide bonds. The van der Waals surface area contributed by atoms with E-state index in [0.717, 1.165) is 44.1 Å². The van der Waals surface area contributed by atoms with Gasteiger partial charge >= 0.3 is 0 Å². The number of aromatic nitrogens is 1. The molecule has 204 valence electrons. The summed E-state index contributed by atoms with van der Waals surface area (Å²) in [6, 6.07) is 17.7. The van der Waals surface area contributed by atoms with Crippen molar-refractivity contribution in [2.45, 2.75) is 77.0 Å². The van der Waals surface area contributed by atoms with Crippen molar-refractivity contribution in [1.29, 1.82) is 0 Å². The zero-order chi connectivity index (χ0) is 26.7. The Morgan fingerprint density at radius 2 is 1.79 bits per heavy atom. The molecular formula is C32H42FN2O3+.